The van der Waals surface area contributed by atoms with E-state index in [1.165, 1.54) is 45.4 Å². The fraction of sp³-hybridized carbons (Fsp3) is 0.786. The summed E-state index contributed by atoms with van der Waals surface area (Å²) in [5.41, 5.74) is 7.42. The standard InChI is InChI=1S/C14H25N5/c1-17-9-12(8-16-17)14(15)11-18-7-4-13(10-18)19-5-2-3-6-19/h8-9,13-14H,2-7,10-11,15H2,1H3. The molecule has 2 saturated heterocycles. The van der Waals surface area contributed by atoms with Crippen LogP contribution in [0, 0.1) is 0 Å². The molecule has 19 heavy (non-hydrogen) atoms. The zero-order valence-electron chi connectivity index (χ0n) is 11.8. The highest BCUT2D eigenvalue weighted by atomic mass is 15.3. The molecule has 2 aliphatic heterocycles. The van der Waals surface area contributed by atoms with Crippen molar-refractivity contribution in [3.8, 4) is 0 Å². The highest BCUT2D eigenvalue weighted by Crippen LogP contribution is 2.22. The van der Waals surface area contributed by atoms with Crippen LogP contribution in [-0.4, -0.2) is 58.3 Å². The minimum Gasteiger partial charge on any atom is -0.323 e. The molecule has 5 heteroatoms. The maximum Gasteiger partial charge on any atom is 0.0537 e. The molecule has 0 aliphatic carbocycles. The lowest BCUT2D eigenvalue weighted by Crippen LogP contribution is -2.37. The molecule has 3 heterocycles. The topological polar surface area (TPSA) is 50.3 Å². The summed E-state index contributed by atoms with van der Waals surface area (Å²) in [7, 11) is 1.94. The lowest BCUT2D eigenvalue weighted by Gasteiger charge is -2.24. The van der Waals surface area contributed by atoms with Crippen molar-refractivity contribution in [1.29, 1.82) is 0 Å². The second-order valence-electron chi connectivity index (χ2n) is 6.00. The lowest BCUT2D eigenvalue weighted by molar-refractivity contribution is 0.228. The Balaban J connectivity index is 1.51. The Hall–Kier alpha value is -0.910. The predicted molar refractivity (Wildman–Crippen MR) is 75.8 cm³/mol. The fourth-order valence-electron chi connectivity index (χ4n) is 3.40. The highest BCUT2D eigenvalue weighted by Gasteiger charge is 2.29. The molecule has 1 aromatic heterocycles. The van der Waals surface area contributed by atoms with Crippen LogP contribution in [0.15, 0.2) is 12.4 Å². The van der Waals surface area contributed by atoms with E-state index in [-0.39, 0.29) is 6.04 Å². The third kappa shape index (κ3) is 2.99. The second-order valence-corrected chi connectivity index (χ2v) is 6.00. The van der Waals surface area contributed by atoms with E-state index in [2.05, 4.69) is 14.9 Å². The Morgan fingerprint density at radius 2 is 2.16 bits per heavy atom. The van der Waals surface area contributed by atoms with Crippen LogP contribution in [0.4, 0.5) is 0 Å². The van der Waals surface area contributed by atoms with Gasteiger partial charge in [0.25, 0.3) is 0 Å². The fourth-order valence-corrected chi connectivity index (χ4v) is 3.40. The molecule has 0 amide bonds. The van der Waals surface area contributed by atoms with Crippen LogP contribution in [-0.2, 0) is 7.05 Å². The molecular formula is C14H25N5. The van der Waals surface area contributed by atoms with Crippen molar-refractivity contribution in [1.82, 2.24) is 19.6 Å². The quantitative estimate of drug-likeness (QED) is 0.864. The molecule has 2 N–H and O–H groups in total. The van der Waals surface area contributed by atoms with Gasteiger partial charge in [-0.3, -0.25) is 14.5 Å². The van der Waals surface area contributed by atoms with Gasteiger partial charge in [0.05, 0.1) is 6.20 Å². The summed E-state index contributed by atoms with van der Waals surface area (Å²) in [5, 5.41) is 4.20. The molecule has 2 atom stereocenters. The van der Waals surface area contributed by atoms with Gasteiger partial charge in [-0.2, -0.15) is 5.10 Å². The van der Waals surface area contributed by atoms with Gasteiger partial charge in [0.15, 0.2) is 0 Å². The first kappa shape index (κ1) is 13.1. The third-order valence-corrected chi connectivity index (χ3v) is 4.51. The molecule has 0 saturated carbocycles. The molecule has 2 unspecified atom stereocenters. The van der Waals surface area contributed by atoms with Crippen molar-refractivity contribution in [3.63, 3.8) is 0 Å². The minimum atomic E-state index is 0.0889. The van der Waals surface area contributed by atoms with Crippen molar-refractivity contribution in [2.75, 3.05) is 32.7 Å². The van der Waals surface area contributed by atoms with Crippen molar-refractivity contribution in [2.24, 2.45) is 12.8 Å². The monoisotopic (exact) mass is 263 g/mol. The summed E-state index contributed by atoms with van der Waals surface area (Å²) in [6.45, 7) is 5.93. The van der Waals surface area contributed by atoms with Gasteiger partial charge in [-0.15, -0.1) is 0 Å². The van der Waals surface area contributed by atoms with Gasteiger partial charge in [-0.05, 0) is 38.9 Å². The molecule has 0 bridgehead atoms. The molecule has 106 valence electrons. The second kappa shape index (κ2) is 5.61. The smallest absolute Gasteiger partial charge is 0.0537 e. The molecule has 0 radical (unpaired) electrons. The molecule has 0 aromatic carbocycles. The van der Waals surface area contributed by atoms with Crippen LogP contribution in [0.5, 0.6) is 0 Å². The van der Waals surface area contributed by atoms with E-state index in [9.17, 15) is 0 Å². The Morgan fingerprint density at radius 1 is 1.37 bits per heavy atom. The Bertz CT molecular complexity index is 410. The van der Waals surface area contributed by atoms with Gasteiger partial charge in [-0.25, -0.2) is 0 Å². The first-order valence-electron chi connectivity index (χ1n) is 7.43. The third-order valence-electron chi connectivity index (χ3n) is 4.51. The summed E-state index contributed by atoms with van der Waals surface area (Å²) < 4.78 is 1.83. The van der Waals surface area contributed by atoms with Crippen LogP contribution in [0.25, 0.3) is 0 Å². The molecule has 5 nitrogen and oxygen atoms in total. The van der Waals surface area contributed by atoms with Crippen LogP contribution < -0.4 is 5.73 Å². The number of rotatable bonds is 4. The van der Waals surface area contributed by atoms with Crippen LogP contribution in [0.1, 0.15) is 30.9 Å². The number of hydrogen-bond acceptors (Lipinski definition) is 4. The summed E-state index contributed by atoms with van der Waals surface area (Å²) in [4.78, 5) is 5.18. The van der Waals surface area contributed by atoms with Crippen molar-refractivity contribution >= 4 is 0 Å². The highest BCUT2D eigenvalue weighted by molar-refractivity contribution is 5.10. The maximum atomic E-state index is 6.28. The van der Waals surface area contributed by atoms with Gasteiger partial charge in [0.1, 0.15) is 0 Å². The van der Waals surface area contributed by atoms with Crippen LogP contribution in [0.3, 0.4) is 0 Å². The average molecular weight is 263 g/mol. The van der Waals surface area contributed by atoms with Gasteiger partial charge in [0.2, 0.25) is 0 Å². The van der Waals surface area contributed by atoms with E-state index in [0.717, 1.165) is 18.2 Å². The molecular weight excluding hydrogens is 238 g/mol. The van der Waals surface area contributed by atoms with Crippen LogP contribution >= 0.6 is 0 Å². The first-order chi connectivity index (χ1) is 9.22. The van der Waals surface area contributed by atoms with Crippen molar-refractivity contribution in [3.05, 3.63) is 18.0 Å². The molecule has 0 spiro atoms. The zero-order valence-corrected chi connectivity index (χ0v) is 11.8. The number of nitrogens with zero attached hydrogens (tertiary/aromatic N) is 4. The Kier molecular flexibility index (Phi) is 3.86. The summed E-state index contributed by atoms with van der Waals surface area (Å²) in [5.74, 6) is 0. The van der Waals surface area contributed by atoms with Gasteiger partial charge in [0, 0.05) is 44.0 Å². The molecule has 3 rings (SSSR count). The lowest BCUT2D eigenvalue weighted by atomic mass is 10.1. The van der Waals surface area contributed by atoms with Crippen molar-refractivity contribution < 1.29 is 0 Å². The van der Waals surface area contributed by atoms with Gasteiger partial charge < -0.3 is 5.73 Å². The van der Waals surface area contributed by atoms with Gasteiger partial charge >= 0.3 is 0 Å². The zero-order chi connectivity index (χ0) is 13.2. The number of likely N-dealkylation sites (tertiary alicyclic amines) is 2. The van der Waals surface area contributed by atoms with Crippen LogP contribution in [0.2, 0.25) is 0 Å². The number of aromatic nitrogens is 2. The Morgan fingerprint density at radius 3 is 2.84 bits per heavy atom. The van der Waals surface area contributed by atoms with Gasteiger partial charge in [-0.1, -0.05) is 0 Å². The van der Waals surface area contributed by atoms with E-state index in [1.807, 2.05) is 24.1 Å². The van der Waals surface area contributed by atoms with E-state index >= 15 is 0 Å². The van der Waals surface area contributed by atoms with E-state index in [0.29, 0.717) is 0 Å². The summed E-state index contributed by atoms with van der Waals surface area (Å²) in [6.07, 6.45) is 7.98. The Labute approximate surface area is 115 Å². The molecule has 1 aromatic rings. The summed E-state index contributed by atoms with van der Waals surface area (Å²) in [6, 6.07) is 0.856. The SMILES string of the molecule is Cn1cc(C(N)CN2CCC(N3CCCC3)C2)cn1. The normalized spacial score (nSPS) is 27.2. The minimum absolute atomic E-state index is 0.0889. The number of hydrogen-bond donors (Lipinski definition) is 1. The first-order valence-corrected chi connectivity index (χ1v) is 7.43. The average Bonchev–Trinajstić information content (AvgIpc) is 3.07. The van der Waals surface area contributed by atoms with E-state index in [1.54, 1.807) is 0 Å². The van der Waals surface area contributed by atoms with E-state index in [4.69, 9.17) is 5.73 Å². The van der Waals surface area contributed by atoms with Crippen molar-refractivity contribution in [2.45, 2.75) is 31.3 Å². The largest absolute Gasteiger partial charge is 0.323 e. The predicted octanol–water partition coefficient (Wildman–Crippen LogP) is 0.590. The van der Waals surface area contributed by atoms with E-state index < -0.39 is 0 Å². The summed E-state index contributed by atoms with van der Waals surface area (Å²) >= 11 is 0. The molecule has 2 fully saturated rings. The number of aryl methyl sites for hydroxylation is 1. The number of nitrogens with two attached hydrogens (primary N) is 1. The molecule has 2 aliphatic rings. The maximum absolute atomic E-state index is 6.28.